The van der Waals surface area contributed by atoms with Crippen LogP contribution in [0.2, 0.25) is 0 Å². The minimum Gasteiger partial charge on any atom is -0.465 e. The molecule has 6 nitrogen and oxygen atoms in total. The highest BCUT2D eigenvalue weighted by Crippen LogP contribution is 2.19. The molecule has 0 bridgehead atoms. The molecule has 1 aliphatic rings. The van der Waals surface area contributed by atoms with E-state index in [1.165, 1.54) is 23.3 Å². The molecule has 88 valence electrons. The van der Waals surface area contributed by atoms with Gasteiger partial charge in [-0.2, -0.15) is 0 Å². The number of carbonyl (C=O) groups is 1. The van der Waals surface area contributed by atoms with E-state index in [1.54, 1.807) is 0 Å². The third-order valence-electron chi connectivity index (χ3n) is 2.64. The topological polar surface area (TPSA) is 77.9 Å². The van der Waals surface area contributed by atoms with Gasteiger partial charge in [-0.1, -0.05) is 0 Å². The molecular formula is C8H16N2O4S. The molecule has 7 heteroatoms. The molecule has 1 fully saturated rings. The first-order valence-electron chi connectivity index (χ1n) is 4.75. The Morgan fingerprint density at radius 1 is 1.33 bits per heavy atom. The van der Waals surface area contributed by atoms with Crippen molar-refractivity contribution in [2.24, 2.45) is 0 Å². The number of hydrogen-bond acceptors (Lipinski definition) is 3. The van der Waals surface area contributed by atoms with Crippen LogP contribution in [0.4, 0.5) is 4.79 Å². The van der Waals surface area contributed by atoms with E-state index >= 15 is 0 Å². The summed E-state index contributed by atoms with van der Waals surface area (Å²) in [4.78, 5) is 11.9. The molecule has 1 N–H and O–H groups in total. The van der Waals surface area contributed by atoms with E-state index in [2.05, 4.69) is 0 Å². The van der Waals surface area contributed by atoms with E-state index in [0.717, 1.165) is 0 Å². The van der Waals surface area contributed by atoms with Gasteiger partial charge in [0.2, 0.25) is 10.0 Å². The van der Waals surface area contributed by atoms with Gasteiger partial charge in [0.15, 0.2) is 0 Å². The Bertz CT molecular complexity index is 331. The van der Waals surface area contributed by atoms with Crippen molar-refractivity contribution in [3.8, 4) is 0 Å². The van der Waals surface area contributed by atoms with Crippen LogP contribution in [-0.2, 0) is 10.0 Å². The van der Waals surface area contributed by atoms with Crippen LogP contribution in [0.3, 0.4) is 0 Å². The summed E-state index contributed by atoms with van der Waals surface area (Å²) in [5.41, 5.74) is 0. The lowest BCUT2D eigenvalue weighted by Crippen LogP contribution is -2.44. The smallest absolute Gasteiger partial charge is 0.407 e. The Kier molecular flexibility index (Phi) is 3.56. The van der Waals surface area contributed by atoms with Gasteiger partial charge in [-0.05, 0) is 12.8 Å². The van der Waals surface area contributed by atoms with E-state index in [1.807, 2.05) is 0 Å². The van der Waals surface area contributed by atoms with Crippen LogP contribution in [0.25, 0.3) is 0 Å². The molecule has 1 aliphatic heterocycles. The molecule has 0 aromatic rings. The maximum absolute atomic E-state index is 11.7. The van der Waals surface area contributed by atoms with E-state index < -0.39 is 21.4 Å². The predicted molar refractivity (Wildman–Crippen MR) is 55.2 cm³/mol. The summed E-state index contributed by atoms with van der Waals surface area (Å²) in [6, 6.07) is 0. The Labute approximate surface area is 89.5 Å². The Hall–Kier alpha value is -0.820. The second-order valence-electron chi connectivity index (χ2n) is 3.80. The van der Waals surface area contributed by atoms with Gasteiger partial charge in [-0.3, -0.25) is 0 Å². The van der Waals surface area contributed by atoms with Gasteiger partial charge >= 0.3 is 6.09 Å². The quantitative estimate of drug-likeness (QED) is 0.733. The number of hydrogen-bond donors (Lipinski definition) is 1. The molecule has 0 aromatic carbocycles. The number of likely N-dealkylation sites (tertiary alicyclic amines) is 1. The first-order valence-corrected chi connectivity index (χ1v) is 6.25. The second-order valence-corrected chi connectivity index (χ2v) is 6.22. The van der Waals surface area contributed by atoms with Crippen molar-refractivity contribution in [2.45, 2.75) is 18.1 Å². The summed E-state index contributed by atoms with van der Waals surface area (Å²) in [5.74, 6) is 0. The Morgan fingerprint density at radius 2 is 1.80 bits per heavy atom. The molecule has 0 saturated carbocycles. The fourth-order valence-corrected chi connectivity index (χ4v) is 3.05. The van der Waals surface area contributed by atoms with Crippen LogP contribution >= 0.6 is 0 Å². The summed E-state index contributed by atoms with van der Waals surface area (Å²) in [7, 11) is -0.238. The van der Waals surface area contributed by atoms with Crippen molar-refractivity contribution in [3.63, 3.8) is 0 Å². The third-order valence-corrected chi connectivity index (χ3v) is 4.97. The van der Waals surface area contributed by atoms with Gasteiger partial charge in [-0.25, -0.2) is 17.5 Å². The number of rotatable bonds is 2. The monoisotopic (exact) mass is 236 g/mol. The van der Waals surface area contributed by atoms with Gasteiger partial charge in [0.1, 0.15) is 0 Å². The molecular weight excluding hydrogens is 220 g/mol. The second kappa shape index (κ2) is 4.36. The molecule has 1 amide bonds. The summed E-state index contributed by atoms with van der Waals surface area (Å²) in [6.07, 6.45) is -0.213. The van der Waals surface area contributed by atoms with E-state index in [4.69, 9.17) is 5.11 Å². The summed E-state index contributed by atoms with van der Waals surface area (Å²) < 4.78 is 24.6. The third kappa shape index (κ3) is 2.60. The first kappa shape index (κ1) is 12.3. The molecule has 1 heterocycles. The van der Waals surface area contributed by atoms with Crippen LogP contribution in [0.15, 0.2) is 0 Å². The minimum absolute atomic E-state index is 0.299. The minimum atomic E-state index is -3.24. The fourth-order valence-electron chi connectivity index (χ4n) is 1.64. The van der Waals surface area contributed by atoms with Crippen molar-refractivity contribution in [1.29, 1.82) is 0 Å². The van der Waals surface area contributed by atoms with Crippen LogP contribution in [-0.4, -0.2) is 61.3 Å². The van der Waals surface area contributed by atoms with Crippen LogP contribution in [0.5, 0.6) is 0 Å². The molecule has 0 atom stereocenters. The predicted octanol–water partition coefficient (Wildman–Crippen LogP) is 0.0202. The molecule has 15 heavy (non-hydrogen) atoms. The molecule has 1 rings (SSSR count). The van der Waals surface area contributed by atoms with Gasteiger partial charge in [-0.15, -0.1) is 0 Å². The van der Waals surface area contributed by atoms with E-state index in [-0.39, 0.29) is 0 Å². The molecule has 0 unspecified atom stereocenters. The normalized spacial score (nSPS) is 19.5. The maximum Gasteiger partial charge on any atom is 0.407 e. The standard InChI is InChI=1S/C8H16N2O4S/c1-9(2)15(13,14)7-3-5-10(6-4-7)8(11)12/h7H,3-6H2,1-2H3,(H,11,12). The SMILES string of the molecule is CN(C)S(=O)(=O)C1CCN(C(=O)O)CC1. The average molecular weight is 236 g/mol. The Balaban J connectivity index is 2.62. The largest absolute Gasteiger partial charge is 0.465 e. The number of carboxylic acid groups (broad SMARTS) is 1. The number of nitrogens with zero attached hydrogens (tertiary/aromatic N) is 2. The van der Waals surface area contributed by atoms with Crippen molar-refractivity contribution in [1.82, 2.24) is 9.21 Å². The Morgan fingerprint density at radius 3 is 2.13 bits per heavy atom. The van der Waals surface area contributed by atoms with Crippen molar-refractivity contribution in [3.05, 3.63) is 0 Å². The molecule has 0 aromatic heterocycles. The van der Waals surface area contributed by atoms with Crippen molar-refractivity contribution >= 4 is 16.1 Å². The zero-order valence-corrected chi connectivity index (χ0v) is 9.70. The van der Waals surface area contributed by atoms with Crippen LogP contribution < -0.4 is 0 Å². The van der Waals surface area contributed by atoms with Gasteiger partial charge < -0.3 is 10.0 Å². The zero-order valence-electron chi connectivity index (χ0n) is 8.88. The fraction of sp³-hybridized carbons (Fsp3) is 0.875. The number of piperidine rings is 1. The molecule has 0 aliphatic carbocycles. The number of sulfonamides is 1. The highest BCUT2D eigenvalue weighted by atomic mass is 32.2. The highest BCUT2D eigenvalue weighted by Gasteiger charge is 2.32. The number of amides is 1. The maximum atomic E-state index is 11.7. The lowest BCUT2D eigenvalue weighted by Gasteiger charge is -2.31. The lowest BCUT2D eigenvalue weighted by molar-refractivity contribution is 0.136. The molecule has 0 radical (unpaired) electrons. The first-order chi connectivity index (χ1) is 6.85. The lowest BCUT2D eigenvalue weighted by atomic mass is 10.1. The van der Waals surface area contributed by atoms with E-state index in [0.29, 0.717) is 25.9 Å². The molecule has 0 spiro atoms. The summed E-state index contributed by atoms with van der Waals surface area (Å²) in [5, 5.41) is 8.26. The van der Waals surface area contributed by atoms with Crippen molar-refractivity contribution < 1.29 is 18.3 Å². The summed E-state index contributed by atoms with van der Waals surface area (Å²) in [6.45, 7) is 0.597. The average Bonchev–Trinajstić information content (AvgIpc) is 2.17. The van der Waals surface area contributed by atoms with E-state index in [9.17, 15) is 13.2 Å². The van der Waals surface area contributed by atoms with Gasteiger partial charge in [0, 0.05) is 27.2 Å². The molecule has 1 saturated heterocycles. The summed E-state index contributed by atoms with van der Waals surface area (Å²) >= 11 is 0. The zero-order chi connectivity index (χ0) is 11.6. The van der Waals surface area contributed by atoms with Crippen LogP contribution in [0.1, 0.15) is 12.8 Å². The highest BCUT2D eigenvalue weighted by molar-refractivity contribution is 7.89. The van der Waals surface area contributed by atoms with Crippen LogP contribution in [0, 0.1) is 0 Å². The van der Waals surface area contributed by atoms with Gasteiger partial charge in [0.05, 0.1) is 5.25 Å². The van der Waals surface area contributed by atoms with Crippen molar-refractivity contribution in [2.75, 3.05) is 27.2 Å². The van der Waals surface area contributed by atoms with Gasteiger partial charge in [0.25, 0.3) is 0 Å².